The molecule has 1 unspecified atom stereocenters. The number of hydrogen-bond donors (Lipinski definition) is 1. The SMILES string of the molecule is COc1nn(C)cc1C(=O)NS1(=O)=NC(=O)c2ccc3c(c2)N(Cc2ccc(Cl)cc2CCCCO3)C[C@@H]2CC[C@H]2[C@@H](OC)C=C[C@H](OC(C)=O)[C@H](C)C1. The van der Waals surface area contributed by atoms with Gasteiger partial charge in [-0.2, -0.15) is 0 Å². The molecule has 2 amide bonds. The molecule has 6 atom stereocenters. The van der Waals surface area contributed by atoms with Crippen molar-refractivity contribution in [2.45, 2.75) is 64.7 Å². The van der Waals surface area contributed by atoms with Crippen molar-refractivity contribution in [2.24, 2.45) is 29.2 Å². The van der Waals surface area contributed by atoms with Gasteiger partial charge in [0.25, 0.3) is 11.8 Å². The lowest BCUT2D eigenvalue weighted by Gasteiger charge is -2.43. The van der Waals surface area contributed by atoms with Crippen LogP contribution in [0.25, 0.3) is 0 Å². The van der Waals surface area contributed by atoms with Crippen LogP contribution in [0.5, 0.6) is 11.6 Å². The van der Waals surface area contributed by atoms with Gasteiger partial charge in [-0.05, 0) is 91.5 Å². The van der Waals surface area contributed by atoms with Crippen LogP contribution >= 0.6 is 11.6 Å². The zero-order valence-corrected chi connectivity index (χ0v) is 32.9. The molecule has 1 saturated carbocycles. The van der Waals surface area contributed by atoms with E-state index in [-0.39, 0.29) is 40.7 Å². The number of carbonyl (C=O) groups excluding carboxylic acids is 3. The van der Waals surface area contributed by atoms with E-state index < -0.39 is 39.7 Å². The lowest BCUT2D eigenvalue weighted by Crippen LogP contribution is -2.43. The first-order chi connectivity index (χ1) is 25.9. The Morgan fingerprint density at radius 3 is 2.57 bits per heavy atom. The van der Waals surface area contributed by atoms with E-state index in [0.29, 0.717) is 36.2 Å². The Morgan fingerprint density at radius 2 is 1.85 bits per heavy atom. The van der Waals surface area contributed by atoms with E-state index in [1.165, 1.54) is 24.9 Å². The van der Waals surface area contributed by atoms with Gasteiger partial charge in [-0.1, -0.05) is 30.7 Å². The summed E-state index contributed by atoms with van der Waals surface area (Å²) in [4.78, 5) is 42.4. The molecule has 2 aliphatic heterocycles. The first-order valence-electron chi connectivity index (χ1n) is 18.2. The molecule has 3 aromatic rings. The molecule has 2 bridgehead atoms. The van der Waals surface area contributed by atoms with Crippen molar-refractivity contribution in [1.29, 1.82) is 0 Å². The summed E-state index contributed by atoms with van der Waals surface area (Å²) in [5.74, 6) is -2.08. The van der Waals surface area contributed by atoms with Gasteiger partial charge in [-0.25, -0.2) is 4.21 Å². The minimum atomic E-state index is -3.86. The van der Waals surface area contributed by atoms with Crippen LogP contribution in [0.15, 0.2) is 59.1 Å². The van der Waals surface area contributed by atoms with Gasteiger partial charge < -0.3 is 23.8 Å². The molecule has 0 spiro atoms. The van der Waals surface area contributed by atoms with E-state index in [4.69, 9.17) is 30.5 Å². The Bertz CT molecular complexity index is 2040. The minimum absolute atomic E-state index is 0.0120. The second-order valence-corrected chi connectivity index (χ2v) is 16.7. The van der Waals surface area contributed by atoms with Gasteiger partial charge >= 0.3 is 5.97 Å². The fourth-order valence-electron chi connectivity index (χ4n) is 7.46. The van der Waals surface area contributed by atoms with E-state index in [1.54, 1.807) is 45.4 Å². The molecule has 6 rings (SSSR count). The van der Waals surface area contributed by atoms with E-state index in [2.05, 4.69) is 25.1 Å². The second-order valence-electron chi connectivity index (χ2n) is 14.3. The topological polar surface area (TPSA) is 151 Å². The summed E-state index contributed by atoms with van der Waals surface area (Å²) in [6, 6.07) is 11.1. The highest BCUT2D eigenvalue weighted by atomic mass is 35.5. The van der Waals surface area contributed by atoms with E-state index >= 15 is 0 Å². The number of aryl methyl sites for hydroxylation is 2. The number of nitrogens with one attached hydrogen (secondary N) is 1. The number of carbonyl (C=O) groups is 3. The minimum Gasteiger partial charge on any atom is -0.491 e. The number of nitrogens with zero attached hydrogens (tertiary/aromatic N) is 4. The van der Waals surface area contributed by atoms with Crippen molar-refractivity contribution in [3.63, 3.8) is 0 Å². The summed E-state index contributed by atoms with van der Waals surface area (Å²) in [5.41, 5.74) is 3.18. The predicted molar refractivity (Wildman–Crippen MR) is 205 cm³/mol. The Hall–Kier alpha value is -4.40. The second kappa shape index (κ2) is 17.0. The lowest BCUT2D eigenvalue weighted by atomic mass is 9.70. The van der Waals surface area contributed by atoms with Gasteiger partial charge in [0.2, 0.25) is 5.88 Å². The lowest BCUT2D eigenvalue weighted by molar-refractivity contribution is -0.145. The van der Waals surface area contributed by atoms with E-state index in [9.17, 15) is 18.6 Å². The standard InChI is InChI=1S/C39H48ClN5O8S/c1-24-23-54(49,43-38(48)32-22-44(3)41-39(32)51-5)42-37(47)27-11-14-36-33(19-27)45(20-28-9-12-30(40)18-26(28)8-6-7-17-52-36)21-29-10-13-31(29)35(50-4)16-15-34(24)53-25(2)46/h9,11-12,14-16,18-19,22,24,29,31,34-35H,6-8,10,13,17,20-21,23H2,1-5H3,(H,42,43,47,48,49)/t24-,29+,31-,34+,35+,54?/m1/s1. The highest BCUT2D eigenvalue weighted by Crippen LogP contribution is 2.42. The fourth-order valence-corrected chi connectivity index (χ4v) is 9.53. The summed E-state index contributed by atoms with van der Waals surface area (Å²) < 4.78 is 46.4. The highest BCUT2D eigenvalue weighted by Gasteiger charge is 2.38. The highest BCUT2D eigenvalue weighted by molar-refractivity contribution is 7.92. The first kappa shape index (κ1) is 39.3. The first-order valence-corrected chi connectivity index (χ1v) is 20.3. The summed E-state index contributed by atoms with van der Waals surface area (Å²) in [5, 5.41) is 4.81. The molecular weight excluding hydrogens is 734 g/mol. The zero-order chi connectivity index (χ0) is 38.6. The number of amides is 2. The van der Waals surface area contributed by atoms with E-state index in [0.717, 1.165) is 43.2 Å². The number of rotatable bonds is 5. The van der Waals surface area contributed by atoms with Gasteiger partial charge in [0, 0.05) is 56.9 Å². The number of methoxy groups -OCH3 is 2. The number of halogens is 1. The molecule has 1 fully saturated rings. The number of fused-ring (bicyclic) bond motifs is 3. The van der Waals surface area contributed by atoms with Gasteiger partial charge in [0.05, 0.1) is 31.3 Å². The number of esters is 1. The van der Waals surface area contributed by atoms with Crippen molar-refractivity contribution in [3.05, 3.63) is 82.0 Å². The Kier molecular flexibility index (Phi) is 12.3. The molecule has 290 valence electrons. The number of benzene rings is 2. The number of ether oxygens (including phenoxy) is 4. The average Bonchev–Trinajstić information content (AvgIpc) is 3.49. The van der Waals surface area contributed by atoms with Crippen LogP contribution in [0.1, 0.15) is 71.4 Å². The molecule has 2 aromatic carbocycles. The van der Waals surface area contributed by atoms with E-state index in [1.807, 2.05) is 18.2 Å². The largest absolute Gasteiger partial charge is 0.491 e. The maximum Gasteiger partial charge on any atom is 0.303 e. The maximum atomic E-state index is 14.8. The van der Waals surface area contributed by atoms with Crippen molar-refractivity contribution < 1.29 is 37.5 Å². The summed E-state index contributed by atoms with van der Waals surface area (Å²) in [6.07, 6.45) is 8.40. The van der Waals surface area contributed by atoms with Gasteiger partial charge in [0.1, 0.15) is 27.3 Å². The number of aromatic nitrogens is 2. The maximum absolute atomic E-state index is 14.8. The molecule has 3 heterocycles. The zero-order valence-electron chi connectivity index (χ0n) is 31.3. The monoisotopic (exact) mass is 781 g/mol. The molecule has 0 radical (unpaired) electrons. The van der Waals surface area contributed by atoms with Gasteiger partial charge in [0.15, 0.2) is 0 Å². The normalized spacial score (nSPS) is 26.1. The van der Waals surface area contributed by atoms with Crippen LogP contribution in [0.2, 0.25) is 5.02 Å². The van der Waals surface area contributed by atoms with Crippen LogP contribution < -0.4 is 19.1 Å². The summed E-state index contributed by atoms with van der Waals surface area (Å²) >= 11 is 6.47. The molecule has 0 saturated heterocycles. The molecule has 1 aliphatic carbocycles. The number of anilines is 1. The molecule has 54 heavy (non-hydrogen) atoms. The average molecular weight is 782 g/mol. The molecular formula is C39H48ClN5O8S. The van der Waals surface area contributed by atoms with Crippen LogP contribution in [0.3, 0.4) is 0 Å². The quantitative estimate of drug-likeness (QED) is 0.244. The molecule has 13 nitrogen and oxygen atoms in total. The summed E-state index contributed by atoms with van der Waals surface area (Å²) in [6.45, 7) is 4.67. The Labute approximate surface area is 321 Å². The van der Waals surface area contributed by atoms with Crippen LogP contribution in [-0.2, 0) is 44.2 Å². The van der Waals surface area contributed by atoms with Crippen LogP contribution in [0, 0.1) is 17.8 Å². The summed E-state index contributed by atoms with van der Waals surface area (Å²) in [7, 11) is 0.778. The molecule has 1 aromatic heterocycles. The van der Waals surface area contributed by atoms with Gasteiger partial charge in [-0.15, -0.1) is 9.46 Å². The third-order valence-corrected chi connectivity index (χ3v) is 12.5. The van der Waals surface area contributed by atoms with Gasteiger partial charge in [-0.3, -0.25) is 23.8 Å². The third-order valence-electron chi connectivity index (χ3n) is 10.4. The van der Waals surface area contributed by atoms with Crippen molar-refractivity contribution in [3.8, 4) is 11.6 Å². The fraction of sp³-hybridized carbons (Fsp3) is 0.487. The van der Waals surface area contributed by atoms with Crippen molar-refractivity contribution in [2.75, 3.05) is 38.0 Å². The predicted octanol–water partition coefficient (Wildman–Crippen LogP) is 5.94. The Morgan fingerprint density at radius 1 is 1.06 bits per heavy atom. The number of hydrogen-bond acceptors (Lipinski definition) is 10. The third kappa shape index (κ3) is 9.10. The van der Waals surface area contributed by atoms with Crippen molar-refractivity contribution in [1.82, 2.24) is 14.5 Å². The molecule has 1 N–H and O–H groups in total. The smallest absolute Gasteiger partial charge is 0.303 e. The molecule has 3 aliphatic rings. The van der Waals surface area contributed by atoms with Crippen LogP contribution in [0.4, 0.5) is 5.69 Å². The Balaban J connectivity index is 1.49. The van der Waals surface area contributed by atoms with Crippen molar-refractivity contribution >= 4 is 45.0 Å². The molecule has 15 heteroatoms. The van der Waals surface area contributed by atoms with Crippen LogP contribution in [-0.4, -0.2) is 77.1 Å².